The lowest BCUT2D eigenvalue weighted by molar-refractivity contribution is 0.102. The zero-order valence-corrected chi connectivity index (χ0v) is 14.6. The van der Waals surface area contributed by atoms with Gasteiger partial charge >= 0.3 is 0 Å². The monoisotopic (exact) mass is 387 g/mol. The number of nitrogens with zero attached hydrogens (tertiary/aromatic N) is 3. The smallest absolute Gasteiger partial charge is 0.275 e. The van der Waals surface area contributed by atoms with Gasteiger partial charge in [0.15, 0.2) is 5.82 Å². The van der Waals surface area contributed by atoms with Gasteiger partial charge in [-0.25, -0.2) is 9.97 Å². The van der Waals surface area contributed by atoms with Gasteiger partial charge in [-0.2, -0.15) is 0 Å². The van der Waals surface area contributed by atoms with Crippen LogP contribution in [0.5, 0.6) is 0 Å². The summed E-state index contributed by atoms with van der Waals surface area (Å²) >= 11 is 3.41. The Balaban J connectivity index is 1.81. The summed E-state index contributed by atoms with van der Waals surface area (Å²) in [6, 6.07) is 10.8. The number of carbonyl (C=O) groups excluding carboxylic acids is 1. The zero-order valence-electron chi connectivity index (χ0n) is 13.0. The minimum Gasteiger partial charge on any atom is -0.360 e. The molecule has 1 amide bonds. The van der Waals surface area contributed by atoms with E-state index in [4.69, 9.17) is 4.52 Å². The van der Waals surface area contributed by atoms with Gasteiger partial charge in [0.2, 0.25) is 5.95 Å². The minimum atomic E-state index is -0.383. The fraction of sp³-hybridized carbons (Fsp3) is 0.125. The van der Waals surface area contributed by atoms with E-state index in [0.29, 0.717) is 23.2 Å². The zero-order chi connectivity index (χ0) is 17.1. The van der Waals surface area contributed by atoms with Gasteiger partial charge in [-0.15, -0.1) is 0 Å². The van der Waals surface area contributed by atoms with Crippen LogP contribution in [0, 0.1) is 13.8 Å². The minimum absolute atomic E-state index is 0.237. The molecule has 0 atom stereocenters. The predicted octanol–water partition coefficient (Wildman–Crippen LogP) is 3.84. The van der Waals surface area contributed by atoms with Crippen LogP contribution in [0.2, 0.25) is 0 Å². The molecule has 0 fully saturated rings. The number of carbonyl (C=O) groups is 1. The first kappa shape index (κ1) is 16.1. The van der Waals surface area contributed by atoms with Crippen LogP contribution in [-0.2, 0) is 0 Å². The Labute approximate surface area is 146 Å². The van der Waals surface area contributed by atoms with Crippen molar-refractivity contribution in [1.29, 1.82) is 0 Å². The van der Waals surface area contributed by atoms with Gasteiger partial charge < -0.3 is 15.2 Å². The number of nitrogens with one attached hydrogen (secondary N) is 2. The van der Waals surface area contributed by atoms with Crippen LogP contribution >= 0.6 is 15.9 Å². The van der Waals surface area contributed by atoms with E-state index in [1.54, 1.807) is 26.0 Å². The van der Waals surface area contributed by atoms with E-state index >= 15 is 0 Å². The van der Waals surface area contributed by atoms with E-state index < -0.39 is 0 Å². The average Bonchev–Trinajstić information content (AvgIpc) is 2.91. The predicted molar refractivity (Wildman–Crippen MR) is 93.4 cm³/mol. The van der Waals surface area contributed by atoms with Crippen molar-refractivity contribution in [3.8, 4) is 0 Å². The van der Waals surface area contributed by atoms with Gasteiger partial charge in [0.1, 0.15) is 11.5 Å². The normalized spacial score (nSPS) is 10.5. The third-order valence-electron chi connectivity index (χ3n) is 3.04. The average molecular weight is 388 g/mol. The second-order valence-corrected chi connectivity index (χ2v) is 6.05. The fourth-order valence-electron chi connectivity index (χ4n) is 2.04. The van der Waals surface area contributed by atoms with E-state index in [0.717, 1.165) is 10.2 Å². The number of amides is 1. The van der Waals surface area contributed by atoms with Crippen LogP contribution in [-0.4, -0.2) is 21.0 Å². The van der Waals surface area contributed by atoms with Crippen LogP contribution in [0.3, 0.4) is 0 Å². The molecule has 122 valence electrons. The van der Waals surface area contributed by atoms with Crippen molar-refractivity contribution in [3.63, 3.8) is 0 Å². The van der Waals surface area contributed by atoms with E-state index in [1.165, 1.54) is 0 Å². The molecule has 0 unspecified atom stereocenters. The molecular weight excluding hydrogens is 374 g/mol. The maximum Gasteiger partial charge on any atom is 0.275 e. The van der Waals surface area contributed by atoms with E-state index in [1.807, 2.05) is 24.3 Å². The molecule has 0 spiro atoms. The molecule has 0 radical (unpaired) electrons. The molecule has 0 saturated carbocycles. The number of aromatic nitrogens is 3. The molecule has 24 heavy (non-hydrogen) atoms. The number of rotatable bonds is 4. The molecule has 0 aliphatic heterocycles. The molecule has 2 heterocycles. The lowest BCUT2D eigenvalue weighted by Gasteiger charge is -2.08. The van der Waals surface area contributed by atoms with Crippen molar-refractivity contribution in [2.75, 3.05) is 10.6 Å². The summed E-state index contributed by atoms with van der Waals surface area (Å²) in [4.78, 5) is 20.9. The summed E-state index contributed by atoms with van der Waals surface area (Å²) in [7, 11) is 0. The molecule has 3 aromatic rings. The fourth-order valence-corrected chi connectivity index (χ4v) is 2.44. The highest BCUT2D eigenvalue weighted by atomic mass is 79.9. The molecule has 7 nitrogen and oxygen atoms in total. The highest BCUT2D eigenvalue weighted by Crippen LogP contribution is 2.19. The van der Waals surface area contributed by atoms with Gasteiger partial charge in [-0.1, -0.05) is 27.2 Å². The van der Waals surface area contributed by atoms with Crippen molar-refractivity contribution < 1.29 is 9.32 Å². The Morgan fingerprint density at radius 2 is 2.00 bits per heavy atom. The summed E-state index contributed by atoms with van der Waals surface area (Å²) < 4.78 is 5.85. The number of aryl methyl sites for hydroxylation is 2. The van der Waals surface area contributed by atoms with E-state index in [9.17, 15) is 4.79 Å². The molecule has 2 aromatic heterocycles. The number of benzene rings is 1. The SMILES string of the molecule is Cc1cc(C(=O)Nc2cc(C)on2)nc(Nc2cccc(Br)c2)n1. The molecule has 0 saturated heterocycles. The second-order valence-electron chi connectivity index (χ2n) is 5.13. The van der Waals surface area contributed by atoms with Crippen LogP contribution < -0.4 is 10.6 Å². The van der Waals surface area contributed by atoms with Gasteiger partial charge in [0.05, 0.1) is 0 Å². The van der Waals surface area contributed by atoms with Crippen molar-refractivity contribution >= 4 is 39.3 Å². The summed E-state index contributed by atoms with van der Waals surface area (Å²) in [5, 5.41) is 9.45. The molecule has 8 heteroatoms. The standard InChI is InChI=1S/C16H14BrN5O2/c1-9-6-13(15(23)21-14-7-10(2)24-22-14)20-16(18-9)19-12-5-3-4-11(17)8-12/h3-8H,1-2H3,(H,18,19,20)(H,21,22,23). The van der Waals surface area contributed by atoms with Crippen LogP contribution in [0.15, 0.2) is 45.4 Å². The molecule has 0 aliphatic rings. The van der Waals surface area contributed by atoms with Crippen molar-refractivity contribution in [3.05, 3.63) is 58.0 Å². The highest BCUT2D eigenvalue weighted by Gasteiger charge is 2.13. The topological polar surface area (TPSA) is 92.9 Å². The van der Waals surface area contributed by atoms with Crippen molar-refractivity contribution in [1.82, 2.24) is 15.1 Å². The molecule has 3 rings (SSSR count). The van der Waals surface area contributed by atoms with Crippen LogP contribution in [0.25, 0.3) is 0 Å². The van der Waals surface area contributed by atoms with E-state index in [2.05, 4.69) is 41.7 Å². The van der Waals surface area contributed by atoms with Crippen LogP contribution in [0.1, 0.15) is 21.9 Å². The first-order chi connectivity index (χ1) is 11.5. The third-order valence-corrected chi connectivity index (χ3v) is 3.53. The van der Waals surface area contributed by atoms with Crippen molar-refractivity contribution in [2.45, 2.75) is 13.8 Å². The summed E-state index contributed by atoms with van der Waals surface area (Å²) in [5.74, 6) is 0.914. The van der Waals surface area contributed by atoms with Crippen LogP contribution in [0.4, 0.5) is 17.5 Å². The third kappa shape index (κ3) is 3.96. The Kier molecular flexibility index (Phi) is 4.57. The number of anilines is 3. The second kappa shape index (κ2) is 6.79. The quantitative estimate of drug-likeness (QED) is 0.706. The van der Waals surface area contributed by atoms with Gasteiger partial charge in [0, 0.05) is 21.9 Å². The molecule has 2 N–H and O–H groups in total. The highest BCUT2D eigenvalue weighted by molar-refractivity contribution is 9.10. The summed E-state index contributed by atoms with van der Waals surface area (Å²) in [5.41, 5.74) is 1.72. The molecule has 0 bridgehead atoms. The Morgan fingerprint density at radius 1 is 1.17 bits per heavy atom. The molecule has 0 aliphatic carbocycles. The van der Waals surface area contributed by atoms with Crippen molar-refractivity contribution in [2.24, 2.45) is 0 Å². The van der Waals surface area contributed by atoms with Gasteiger partial charge in [0.25, 0.3) is 5.91 Å². The first-order valence-electron chi connectivity index (χ1n) is 7.12. The molecule has 1 aromatic carbocycles. The number of hydrogen-bond acceptors (Lipinski definition) is 6. The molecular formula is C16H14BrN5O2. The largest absolute Gasteiger partial charge is 0.360 e. The summed E-state index contributed by atoms with van der Waals surface area (Å²) in [6.07, 6.45) is 0. The maximum absolute atomic E-state index is 12.3. The Morgan fingerprint density at radius 3 is 2.71 bits per heavy atom. The first-order valence-corrected chi connectivity index (χ1v) is 7.92. The maximum atomic E-state index is 12.3. The number of hydrogen-bond donors (Lipinski definition) is 2. The van der Waals surface area contributed by atoms with Gasteiger partial charge in [-0.05, 0) is 38.1 Å². The summed E-state index contributed by atoms with van der Waals surface area (Å²) in [6.45, 7) is 3.54. The van der Waals surface area contributed by atoms with Gasteiger partial charge in [-0.3, -0.25) is 4.79 Å². The lowest BCUT2D eigenvalue weighted by atomic mass is 10.3. The number of halogens is 1. The van der Waals surface area contributed by atoms with E-state index in [-0.39, 0.29) is 11.6 Å². The Bertz CT molecular complexity index is 894. The lowest BCUT2D eigenvalue weighted by Crippen LogP contribution is -2.15. The Hall–Kier alpha value is -2.74.